The molecule has 0 aliphatic carbocycles. The Balaban J connectivity index is 2.20. The fraction of sp³-hybridized carbons (Fsp3) is 0.222. The molecular weight excluding hydrogens is 242 g/mol. The lowest BCUT2D eigenvalue weighted by molar-refractivity contribution is 1.04. The van der Waals surface area contributed by atoms with Crippen LogP contribution in [-0.4, -0.2) is 21.5 Å². The maximum atomic E-state index is 5.63. The standard InChI is InChI=1S/C9H11N5S2/c1-2-11-6-5-7(14-8(10)13-6)16-9-12-3-4-15-9/h3-5H,2H2,1H3,(H3,10,11,13,14). The first-order valence-corrected chi connectivity index (χ1v) is 6.43. The summed E-state index contributed by atoms with van der Waals surface area (Å²) >= 11 is 3.06. The Bertz CT molecular complexity index is 457. The van der Waals surface area contributed by atoms with Crippen LogP contribution >= 0.6 is 23.1 Å². The predicted octanol–water partition coefficient (Wildman–Crippen LogP) is 2.10. The Hall–Kier alpha value is -1.34. The molecule has 84 valence electrons. The zero-order valence-electron chi connectivity index (χ0n) is 8.67. The number of aromatic nitrogens is 3. The van der Waals surface area contributed by atoms with E-state index in [0.717, 1.165) is 21.7 Å². The second-order valence-electron chi connectivity index (χ2n) is 2.88. The average Bonchev–Trinajstić information content (AvgIpc) is 2.70. The van der Waals surface area contributed by atoms with E-state index in [-0.39, 0.29) is 5.95 Å². The number of nitrogen functional groups attached to an aromatic ring is 1. The highest BCUT2D eigenvalue weighted by Gasteiger charge is 2.05. The smallest absolute Gasteiger partial charge is 0.223 e. The largest absolute Gasteiger partial charge is 0.370 e. The van der Waals surface area contributed by atoms with Crippen LogP contribution in [0, 0.1) is 0 Å². The molecule has 0 amide bonds. The SMILES string of the molecule is CCNc1cc(Sc2nccs2)nc(N)n1. The van der Waals surface area contributed by atoms with Crippen molar-refractivity contribution in [2.75, 3.05) is 17.6 Å². The molecule has 0 bridgehead atoms. The average molecular weight is 253 g/mol. The fourth-order valence-electron chi connectivity index (χ4n) is 1.12. The molecule has 16 heavy (non-hydrogen) atoms. The highest BCUT2D eigenvalue weighted by molar-refractivity contribution is 8.01. The number of nitrogens with one attached hydrogen (secondary N) is 1. The van der Waals surface area contributed by atoms with E-state index in [1.54, 1.807) is 17.5 Å². The Labute approximate surface area is 102 Å². The van der Waals surface area contributed by atoms with Crippen LogP contribution in [0.15, 0.2) is 27.0 Å². The van der Waals surface area contributed by atoms with Crippen LogP contribution in [0.2, 0.25) is 0 Å². The van der Waals surface area contributed by atoms with Crippen LogP contribution in [0.4, 0.5) is 11.8 Å². The van der Waals surface area contributed by atoms with Crippen molar-refractivity contribution in [2.24, 2.45) is 0 Å². The predicted molar refractivity (Wildman–Crippen MR) is 66.8 cm³/mol. The first-order chi connectivity index (χ1) is 7.78. The number of hydrogen-bond donors (Lipinski definition) is 2. The summed E-state index contributed by atoms with van der Waals surface area (Å²) in [5, 5.41) is 5.84. The molecule has 0 aromatic carbocycles. The Morgan fingerprint density at radius 2 is 2.38 bits per heavy atom. The van der Waals surface area contributed by atoms with Gasteiger partial charge in [-0.2, -0.15) is 4.98 Å². The van der Waals surface area contributed by atoms with E-state index in [9.17, 15) is 0 Å². The second kappa shape index (κ2) is 5.13. The lowest BCUT2D eigenvalue weighted by Gasteiger charge is -2.04. The lowest BCUT2D eigenvalue weighted by atomic mass is 10.5. The molecule has 0 aliphatic rings. The lowest BCUT2D eigenvalue weighted by Crippen LogP contribution is -2.03. The quantitative estimate of drug-likeness (QED) is 0.813. The molecule has 3 N–H and O–H groups in total. The highest BCUT2D eigenvalue weighted by atomic mass is 32.2. The molecule has 0 spiro atoms. The van der Waals surface area contributed by atoms with Gasteiger partial charge in [0.05, 0.1) is 0 Å². The Morgan fingerprint density at radius 1 is 1.50 bits per heavy atom. The Kier molecular flexibility index (Phi) is 3.58. The molecular formula is C9H11N5S2. The molecule has 0 saturated heterocycles. The van der Waals surface area contributed by atoms with Crippen LogP contribution in [0.3, 0.4) is 0 Å². The van der Waals surface area contributed by atoms with Gasteiger partial charge in [0.2, 0.25) is 5.95 Å². The molecule has 5 nitrogen and oxygen atoms in total. The highest BCUT2D eigenvalue weighted by Crippen LogP contribution is 2.29. The van der Waals surface area contributed by atoms with Gasteiger partial charge in [-0.3, -0.25) is 0 Å². The number of nitrogens with two attached hydrogens (primary N) is 1. The van der Waals surface area contributed by atoms with E-state index < -0.39 is 0 Å². The van der Waals surface area contributed by atoms with Gasteiger partial charge in [0.15, 0.2) is 4.34 Å². The van der Waals surface area contributed by atoms with Gasteiger partial charge in [-0.15, -0.1) is 11.3 Å². The summed E-state index contributed by atoms with van der Waals surface area (Å²) < 4.78 is 0.945. The van der Waals surface area contributed by atoms with E-state index in [0.29, 0.717) is 0 Å². The zero-order valence-corrected chi connectivity index (χ0v) is 10.3. The fourth-order valence-corrected chi connectivity index (χ4v) is 2.69. The third-order valence-corrected chi connectivity index (χ3v) is 3.48. The van der Waals surface area contributed by atoms with E-state index >= 15 is 0 Å². The molecule has 2 aromatic rings. The van der Waals surface area contributed by atoms with E-state index in [1.807, 2.05) is 18.4 Å². The molecule has 0 aliphatic heterocycles. The third-order valence-electron chi connectivity index (χ3n) is 1.68. The summed E-state index contributed by atoms with van der Waals surface area (Å²) in [5.74, 6) is 1.02. The summed E-state index contributed by atoms with van der Waals surface area (Å²) in [6.07, 6.45) is 1.77. The first-order valence-electron chi connectivity index (χ1n) is 4.73. The van der Waals surface area contributed by atoms with Gasteiger partial charge in [0.1, 0.15) is 10.8 Å². The van der Waals surface area contributed by atoms with Crippen molar-refractivity contribution in [2.45, 2.75) is 16.3 Å². The molecule has 7 heteroatoms. The van der Waals surface area contributed by atoms with Gasteiger partial charge >= 0.3 is 0 Å². The maximum Gasteiger partial charge on any atom is 0.223 e. The van der Waals surface area contributed by atoms with E-state index in [1.165, 1.54) is 11.8 Å². The van der Waals surface area contributed by atoms with Crippen molar-refractivity contribution < 1.29 is 0 Å². The van der Waals surface area contributed by atoms with Crippen LogP contribution in [-0.2, 0) is 0 Å². The summed E-state index contributed by atoms with van der Waals surface area (Å²) in [5.41, 5.74) is 5.63. The first kappa shape index (κ1) is 11.2. The minimum Gasteiger partial charge on any atom is -0.370 e. The van der Waals surface area contributed by atoms with Gasteiger partial charge in [0.25, 0.3) is 0 Å². The Morgan fingerprint density at radius 3 is 3.06 bits per heavy atom. The van der Waals surface area contributed by atoms with Gasteiger partial charge in [-0.05, 0) is 18.7 Å². The van der Waals surface area contributed by atoms with Crippen molar-refractivity contribution in [3.05, 3.63) is 17.6 Å². The van der Waals surface area contributed by atoms with Crippen LogP contribution in [0.1, 0.15) is 6.92 Å². The summed E-state index contributed by atoms with van der Waals surface area (Å²) in [6, 6.07) is 1.87. The van der Waals surface area contributed by atoms with Crippen molar-refractivity contribution in [3.8, 4) is 0 Å². The summed E-state index contributed by atoms with van der Waals surface area (Å²) in [4.78, 5) is 12.4. The number of thiazole rings is 1. The minimum absolute atomic E-state index is 0.275. The van der Waals surface area contributed by atoms with E-state index in [2.05, 4.69) is 20.3 Å². The number of hydrogen-bond acceptors (Lipinski definition) is 7. The minimum atomic E-state index is 0.275. The second-order valence-corrected chi connectivity index (χ2v) is 5.04. The summed E-state index contributed by atoms with van der Waals surface area (Å²) in [6.45, 7) is 2.81. The number of rotatable bonds is 4. The van der Waals surface area contributed by atoms with Gasteiger partial charge in [-0.1, -0.05) is 0 Å². The number of anilines is 2. The van der Waals surface area contributed by atoms with Crippen molar-refractivity contribution in [3.63, 3.8) is 0 Å². The zero-order chi connectivity index (χ0) is 11.4. The molecule has 2 rings (SSSR count). The van der Waals surface area contributed by atoms with Gasteiger partial charge < -0.3 is 11.1 Å². The third kappa shape index (κ3) is 2.83. The molecule has 2 heterocycles. The summed E-state index contributed by atoms with van der Waals surface area (Å²) in [7, 11) is 0. The number of nitrogens with zero attached hydrogens (tertiary/aromatic N) is 3. The van der Waals surface area contributed by atoms with Gasteiger partial charge in [0, 0.05) is 24.2 Å². The van der Waals surface area contributed by atoms with E-state index in [4.69, 9.17) is 5.73 Å². The molecule has 0 radical (unpaired) electrons. The van der Waals surface area contributed by atoms with Crippen molar-refractivity contribution in [1.29, 1.82) is 0 Å². The van der Waals surface area contributed by atoms with Crippen LogP contribution in [0.5, 0.6) is 0 Å². The van der Waals surface area contributed by atoms with Gasteiger partial charge in [-0.25, -0.2) is 9.97 Å². The van der Waals surface area contributed by atoms with Crippen LogP contribution < -0.4 is 11.1 Å². The normalized spacial score (nSPS) is 10.3. The van der Waals surface area contributed by atoms with Crippen LogP contribution in [0.25, 0.3) is 0 Å². The molecule has 0 atom stereocenters. The van der Waals surface area contributed by atoms with Crippen molar-refractivity contribution >= 4 is 34.9 Å². The molecule has 0 fully saturated rings. The molecule has 2 aromatic heterocycles. The monoisotopic (exact) mass is 253 g/mol. The molecule has 0 unspecified atom stereocenters. The topological polar surface area (TPSA) is 76.7 Å². The molecule has 0 saturated carbocycles. The maximum absolute atomic E-state index is 5.63. The van der Waals surface area contributed by atoms with Crippen molar-refractivity contribution in [1.82, 2.24) is 15.0 Å².